The van der Waals surface area contributed by atoms with Gasteiger partial charge < -0.3 is 14.7 Å². The van der Waals surface area contributed by atoms with Gasteiger partial charge in [-0.1, -0.05) is 0 Å². The Hall–Kier alpha value is -1.10. The Morgan fingerprint density at radius 3 is 3.00 bits per heavy atom. The van der Waals surface area contributed by atoms with Gasteiger partial charge in [0.2, 0.25) is 5.89 Å². The van der Waals surface area contributed by atoms with Crippen LogP contribution >= 0.6 is 0 Å². The summed E-state index contributed by atoms with van der Waals surface area (Å²) in [5, 5.41) is 7.20. The van der Waals surface area contributed by atoms with Gasteiger partial charge in [-0.15, -0.1) is 0 Å². The first-order valence-corrected chi connectivity index (χ1v) is 4.96. The van der Waals surface area contributed by atoms with Crippen molar-refractivity contribution in [1.82, 2.24) is 15.5 Å². The highest BCUT2D eigenvalue weighted by Gasteiger charge is 2.18. The molecule has 0 aromatic carbocycles. The van der Waals surface area contributed by atoms with Crippen LogP contribution in [0, 0.1) is 5.92 Å². The van der Waals surface area contributed by atoms with Gasteiger partial charge in [-0.25, -0.2) is 0 Å². The maximum atomic E-state index is 5.16. The Bertz CT molecular complexity index is 291. The van der Waals surface area contributed by atoms with E-state index in [-0.39, 0.29) is 0 Å². The Morgan fingerprint density at radius 2 is 2.43 bits per heavy atom. The quantitative estimate of drug-likeness (QED) is 0.753. The van der Waals surface area contributed by atoms with Crippen LogP contribution in [0.3, 0.4) is 0 Å². The summed E-state index contributed by atoms with van der Waals surface area (Å²) in [6.45, 7) is 2.18. The molecule has 0 aliphatic carbocycles. The number of nitrogens with one attached hydrogen (secondary N) is 1. The smallest absolute Gasteiger partial charge is 0.265 e. The third kappa shape index (κ3) is 2.04. The zero-order chi connectivity index (χ0) is 9.97. The number of rotatable bonds is 3. The van der Waals surface area contributed by atoms with E-state index in [1.807, 2.05) is 19.0 Å². The maximum Gasteiger partial charge on any atom is 0.265 e. The molecule has 0 spiro atoms. The van der Waals surface area contributed by atoms with Crippen LogP contribution in [0.5, 0.6) is 0 Å². The minimum Gasteiger partial charge on any atom is -0.344 e. The standard InChI is InChI=1S/C9H16N4O/c1-13(2)9-11-8(14-12-9)5-7-3-4-10-6-7/h7,10H,3-6H2,1-2H3. The lowest BCUT2D eigenvalue weighted by Crippen LogP contribution is -2.12. The summed E-state index contributed by atoms with van der Waals surface area (Å²) >= 11 is 0. The van der Waals surface area contributed by atoms with E-state index >= 15 is 0 Å². The largest absolute Gasteiger partial charge is 0.344 e. The molecule has 0 radical (unpaired) electrons. The van der Waals surface area contributed by atoms with E-state index in [1.165, 1.54) is 6.42 Å². The molecule has 78 valence electrons. The third-order valence-corrected chi connectivity index (χ3v) is 2.48. The van der Waals surface area contributed by atoms with E-state index in [4.69, 9.17) is 4.52 Å². The average Bonchev–Trinajstić information content (AvgIpc) is 2.75. The molecule has 1 atom stereocenters. The molecular weight excluding hydrogens is 180 g/mol. The van der Waals surface area contributed by atoms with Gasteiger partial charge in [0.1, 0.15) is 0 Å². The van der Waals surface area contributed by atoms with E-state index in [2.05, 4.69) is 15.5 Å². The molecule has 1 aromatic rings. The molecule has 5 nitrogen and oxygen atoms in total. The van der Waals surface area contributed by atoms with Crippen molar-refractivity contribution >= 4 is 5.95 Å². The van der Waals surface area contributed by atoms with Gasteiger partial charge >= 0.3 is 0 Å². The summed E-state index contributed by atoms with van der Waals surface area (Å²) in [5.74, 6) is 2.07. The molecule has 2 rings (SSSR count). The number of hydrogen-bond acceptors (Lipinski definition) is 5. The minimum atomic E-state index is 0.658. The predicted molar refractivity (Wildman–Crippen MR) is 53.3 cm³/mol. The molecule has 2 heterocycles. The van der Waals surface area contributed by atoms with Crippen LogP contribution < -0.4 is 10.2 Å². The van der Waals surface area contributed by atoms with Crippen LogP contribution in [0.2, 0.25) is 0 Å². The minimum absolute atomic E-state index is 0.658. The first-order chi connectivity index (χ1) is 6.75. The van der Waals surface area contributed by atoms with Crippen LogP contribution in [0.15, 0.2) is 4.52 Å². The van der Waals surface area contributed by atoms with Crippen molar-refractivity contribution in [2.45, 2.75) is 12.8 Å². The van der Waals surface area contributed by atoms with Gasteiger partial charge in [0.15, 0.2) is 0 Å². The van der Waals surface area contributed by atoms with Crippen LogP contribution in [-0.4, -0.2) is 37.3 Å². The van der Waals surface area contributed by atoms with Crippen molar-refractivity contribution in [3.8, 4) is 0 Å². The Labute approximate surface area is 83.5 Å². The summed E-state index contributed by atoms with van der Waals surface area (Å²) in [4.78, 5) is 6.14. The van der Waals surface area contributed by atoms with E-state index in [0.717, 1.165) is 25.4 Å². The van der Waals surface area contributed by atoms with Gasteiger partial charge in [-0.05, 0) is 30.6 Å². The molecule has 14 heavy (non-hydrogen) atoms. The molecule has 5 heteroatoms. The molecule has 1 aliphatic rings. The monoisotopic (exact) mass is 196 g/mol. The number of nitrogens with zero attached hydrogens (tertiary/aromatic N) is 3. The highest BCUT2D eigenvalue weighted by molar-refractivity contribution is 5.23. The fourth-order valence-corrected chi connectivity index (χ4v) is 1.65. The Kier molecular flexibility index (Phi) is 2.67. The van der Waals surface area contributed by atoms with Gasteiger partial charge in [0.05, 0.1) is 0 Å². The number of anilines is 1. The highest BCUT2D eigenvalue weighted by atomic mass is 16.5. The van der Waals surface area contributed by atoms with Crippen molar-refractivity contribution < 1.29 is 4.52 Å². The average molecular weight is 196 g/mol. The molecule has 1 aromatic heterocycles. The van der Waals surface area contributed by atoms with Crippen LogP contribution in [0.25, 0.3) is 0 Å². The summed E-state index contributed by atoms with van der Waals surface area (Å²) < 4.78 is 5.16. The van der Waals surface area contributed by atoms with Crippen LogP contribution in [0.1, 0.15) is 12.3 Å². The summed E-state index contributed by atoms with van der Waals surface area (Å²) in [6.07, 6.45) is 2.10. The lowest BCUT2D eigenvalue weighted by atomic mass is 10.1. The second-order valence-electron chi connectivity index (χ2n) is 3.95. The first-order valence-electron chi connectivity index (χ1n) is 4.96. The topological polar surface area (TPSA) is 54.2 Å². The van der Waals surface area contributed by atoms with E-state index in [0.29, 0.717) is 11.9 Å². The van der Waals surface area contributed by atoms with Gasteiger partial charge in [0.25, 0.3) is 5.95 Å². The third-order valence-electron chi connectivity index (χ3n) is 2.48. The van der Waals surface area contributed by atoms with Crippen molar-refractivity contribution in [2.24, 2.45) is 5.92 Å². The maximum absolute atomic E-state index is 5.16. The molecule has 0 saturated carbocycles. The van der Waals surface area contributed by atoms with E-state index < -0.39 is 0 Å². The van der Waals surface area contributed by atoms with Crippen molar-refractivity contribution in [2.75, 3.05) is 32.1 Å². The lowest BCUT2D eigenvalue weighted by Gasteiger charge is -2.03. The van der Waals surface area contributed by atoms with Crippen molar-refractivity contribution in [3.05, 3.63) is 5.89 Å². The fourth-order valence-electron chi connectivity index (χ4n) is 1.65. The Morgan fingerprint density at radius 1 is 1.57 bits per heavy atom. The first kappa shape index (κ1) is 9.45. The van der Waals surface area contributed by atoms with E-state index in [9.17, 15) is 0 Å². The second-order valence-corrected chi connectivity index (χ2v) is 3.95. The number of aromatic nitrogens is 2. The second kappa shape index (κ2) is 3.96. The van der Waals surface area contributed by atoms with Crippen molar-refractivity contribution in [1.29, 1.82) is 0 Å². The summed E-state index contributed by atoms with van der Waals surface area (Å²) in [7, 11) is 3.82. The van der Waals surface area contributed by atoms with Crippen LogP contribution in [-0.2, 0) is 6.42 Å². The van der Waals surface area contributed by atoms with Gasteiger partial charge in [0, 0.05) is 20.5 Å². The summed E-state index contributed by atoms with van der Waals surface area (Å²) in [6, 6.07) is 0. The molecule has 1 unspecified atom stereocenters. The molecule has 1 saturated heterocycles. The molecule has 0 bridgehead atoms. The lowest BCUT2D eigenvalue weighted by molar-refractivity contribution is 0.357. The predicted octanol–water partition coefficient (Wildman–Crippen LogP) is 0.288. The van der Waals surface area contributed by atoms with Gasteiger partial charge in [-0.3, -0.25) is 0 Å². The van der Waals surface area contributed by atoms with Crippen LogP contribution in [0.4, 0.5) is 5.95 Å². The zero-order valence-corrected chi connectivity index (χ0v) is 8.66. The fraction of sp³-hybridized carbons (Fsp3) is 0.778. The zero-order valence-electron chi connectivity index (χ0n) is 8.66. The summed E-state index contributed by atoms with van der Waals surface area (Å²) in [5.41, 5.74) is 0. The molecule has 1 fully saturated rings. The van der Waals surface area contributed by atoms with E-state index in [1.54, 1.807) is 0 Å². The SMILES string of the molecule is CN(C)c1noc(CC2CCNC2)n1. The molecule has 1 aliphatic heterocycles. The van der Waals surface area contributed by atoms with Crippen molar-refractivity contribution in [3.63, 3.8) is 0 Å². The normalized spacial score (nSPS) is 21.4. The molecule has 1 N–H and O–H groups in total. The highest BCUT2D eigenvalue weighted by Crippen LogP contribution is 2.15. The number of hydrogen-bond donors (Lipinski definition) is 1. The molecule has 0 amide bonds. The molecular formula is C9H16N4O. The van der Waals surface area contributed by atoms with Gasteiger partial charge in [-0.2, -0.15) is 4.98 Å². The Balaban J connectivity index is 1.95.